The molecule has 0 saturated carbocycles. The molecule has 0 saturated heterocycles. The van der Waals surface area contributed by atoms with Crippen LogP contribution >= 0.6 is 48.0 Å². The van der Waals surface area contributed by atoms with Gasteiger partial charge in [0.15, 0.2) is 9.98 Å². The Morgan fingerprint density at radius 3 is 1.30 bits per heavy atom. The highest BCUT2D eigenvalue weighted by atomic mass is 35.5. The van der Waals surface area contributed by atoms with E-state index in [1.807, 2.05) is 0 Å². The number of halogens is 2. The van der Waals surface area contributed by atoms with Crippen LogP contribution in [-0.4, -0.2) is 32.9 Å². The van der Waals surface area contributed by atoms with E-state index >= 15 is 0 Å². The van der Waals surface area contributed by atoms with Crippen molar-refractivity contribution in [2.24, 2.45) is 0 Å². The van der Waals surface area contributed by atoms with Crippen molar-refractivity contribution in [1.82, 2.24) is 8.84 Å². The molecule has 0 aliphatic rings. The predicted molar refractivity (Wildman–Crippen MR) is 52.4 cm³/mol. The second-order valence-electron chi connectivity index (χ2n) is 1.56. The van der Waals surface area contributed by atoms with Crippen molar-refractivity contribution in [3.05, 3.63) is 0 Å². The molecule has 6 heteroatoms. The number of likely N-dealkylation sites (N-methyl/N-ethyl adjacent to an activating group) is 2. The van der Waals surface area contributed by atoms with Crippen molar-refractivity contribution < 1.29 is 0 Å². The van der Waals surface area contributed by atoms with Crippen molar-refractivity contribution in [2.75, 3.05) is 14.1 Å². The monoisotopic (exact) mass is 216 g/mol. The van der Waals surface area contributed by atoms with Gasteiger partial charge >= 0.3 is 0 Å². The molecule has 0 heterocycles. The highest BCUT2D eigenvalue weighted by Gasteiger charge is 2.10. The van der Waals surface area contributed by atoms with Gasteiger partial charge in [0, 0.05) is 37.6 Å². The standard InChI is InChI=1S/C4H6Cl2N2S2/c1-7(5)3(9)4(10)8(2)6/h1-2H3. The fourth-order valence-corrected chi connectivity index (χ4v) is 0.798. The van der Waals surface area contributed by atoms with E-state index in [4.69, 9.17) is 48.0 Å². The van der Waals surface area contributed by atoms with Crippen LogP contribution < -0.4 is 0 Å². The Hall–Kier alpha value is 0.360. The molecule has 0 atom stereocenters. The van der Waals surface area contributed by atoms with Gasteiger partial charge in [0.05, 0.1) is 0 Å². The molecule has 10 heavy (non-hydrogen) atoms. The predicted octanol–water partition coefficient (Wildman–Crippen LogP) is 1.81. The van der Waals surface area contributed by atoms with E-state index in [9.17, 15) is 0 Å². The van der Waals surface area contributed by atoms with Gasteiger partial charge in [-0.25, -0.2) is 0 Å². The van der Waals surface area contributed by atoms with Crippen LogP contribution in [0.2, 0.25) is 0 Å². The van der Waals surface area contributed by atoms with Crippen molar-refractivity contribution in [1.29, 1.82) is 0 Å². The van der Waals surface area contributed by atoms with Gasteiger partial charge in [0.1, 0.15) is 0 Å². The van der Waals surface area contributed by atoms with Crippen molar-refractivity contribution in [3.8, 4) is 0 Å². The lowest BCUT2D eigenvalue weighted by Crippen LogP contribution is -2.30. The van der Waals surface area contributed by atoms with Crippen LogP contribution in [0.25, 0.3) is 0 Å². The van der Waals surface area contributed by atoms with Crippen molar-refractivity contribution in [3.63, 3.8) is 0 Å². The van der Waals surface area contributed by atoms with Crippen LogP contribution in [0.15, 0.2) is 0 Å². The summed E-state index contributed by atoms with van der Waals surface area (Å²) in [4.78, 5) is 0.684. The van der Waals surface area contributed by atoms with E-state index in [1.165, 1.54) is 8.84 Å². The van der Waals surface area contributed by atoms with Gasteiger partial charge in [-0.3, -0.25) is 8.84 Å². The minimum absolute atomic E-state index is 0.342. The van der Waals surface area contributed by atoms with Crippen LogP contribution in [0.3, 0.4) is 0 Å². The van der Waals surface area contributed by atoms with Crippen LogP contribution in [-0.2, 0) is 0 Å². The molecule has 2 nitrogen and oxygen atoms in total. The summed E-state index contributed by atoms with van der Waals surface area (Å²) in [5, 5.41) is 0. The third kappa shape index (κ3) is 2.96. The number of rotatable bonds is 0. The molecular formula is C4H6Cl2N2S2. The van der Waals surface area contributed by atoms with Crippen LogP contribution in [0.4, 0.5) is 0 Å². The number of hydrogen-bond donors (Lipinski definition) is 0. The van der Waals surface area contributed by atoms with Gasteiger partial charge in [-0.1, -0.05) is 24.4 Å². The Bertz CT molecular complexity index is 139. The summed E-state index contributed by atoms with van der Waals surface area (Å²) in [6.07, 6.45) is 0. The Morgan fingerprint density at radius 1 is 1.00 bits per heavy atom. The van der Waals surface area contributed by atoms with E-state index < -0.39 is 0 Å². The molecule has 0 aromatic heterocycles. The summed E-state index contributed by atoms with van der Waals surface area (Å²) < 4.78 is 2.44. The lowest BCUT2D eigenvalue weighted by atomic mass is 10.6. The van der Waals surface area contributed by atoms with Crippen molar-refractivity contribution >= 4 is 58.0 Å². The molecule has 0 bridgehead atoms. The maximum Gasteiger partial charge on any atom is 0.152 e. The average Bonchev–Trinajstić information content (AvgIpc) is 1.84. The van der Waals surface area contributed by atoms with Gasteiger partial charge in [-0.15, -0.1) is 0 Å². The second-order valence-corrected chi connectivity index (χ2v) is 3.35. The molecule has 0 aromatic carbocycles. The molecule has 0 N–H and O–H groups in total. The first kappa shape index (κ1) is 10.4. The summed E-state index contributed by atoms with van der Waals surface area (Å²) in [7, 11) is 3.19. The zero-order valence-electron chi connectivity index (χ0n) is 5.47. The fraction of sp³-hybridized carbons (Fsp3) is 0.500. The van der Waals surface area contributed by atoms with Crippen LogP contribution in [0, 0.1) is 0 Å². The van der Waals surface area contributed by atoms with E-state index in [0.717, 1.165) is 0 Å². The molecule has 0 rings (SSSR count). The van der Waals surface area contributed by atoms with Gasteiger partial charge < -0.3 is 0 Å². The van der Waals surface area contributed by atoms with Gasteiger partial charge in [0.25, 0.3) is 0 Å². The zero-order valence-corrected chi connectivity index (χ0v) is 8.61. The number of hydrogen-bond acceptors (Lipinski definition) is 2. The second kappa shape index (κ2) is 4.28. The van der Waals surface area contributed by atoms with E-state index in [0.29, 0.717) is 9.98 Å². The summed E-state index contributed by atoms with van der Waals surface area (Å²) in [6.45, 7) is 0. The topological polar surface area (TPSA) is 6.48 Å². The molecule has 58 valence electrons. The highest BCUT2D eigenvalue weighted by Crippen LogP contribution is 2.01. The number of nitrogens with zero attached hydrogens (tertiary/aromatic N) is 2. The normalized spacial score (nSPS) is 8.80. The molecule has 0 spiro atoms. The first-order valence-electron chi connectivity index (χ1n) is 2.34. The van der Waals surface area contributed by atoms with Crippen molar-refractivity contribution in [2.45, 2.75) is 0 Å². The third-order valence-electron chi connectivity index (χ3n) is 0.743. The average molecular weight is 217 g/mol. The zero-order chi connectivity index (χ0) is 8.31. The van der Waals surface area contributed by atoms with Crippen LogP contribution in [0.5, 0.6) is 0 Å². The van der Waals surface area contributed by atoms with Gasteiger partial charge in [-0.2, -0.15) is 0 Å². The van der Waals surface area contributed by atoms with Crippen LogP contribution in [0.1, 0.15) is 0 Å². The summed E-state index contributed by atoms with van der Waals surface area (Å²) in [5.74, 6) is 0. The molecule has 0 unspecified atom stereocenters. The molecule has 0 amide bonds. The van der Waals surface area contributed by atoms with E-state index in [2.05, 4.69) is 0 Å². The van der Waals surface area contributed by atoms with Gasteiger partial charge in [0.2, 0.25) is 0 Å². The Morgan fingerprint density at radius 2 is 1.20 bits per heavy atom. The summed E-state index contributed by atoms with van der Waals surface area (Å²) in [6, 6.07) is 0. The highest BCUT2D eigenvalue weighted by molar-refractivity contribution is 7.89. The third-order valence-corrected chi connectivity index (χ3v) is 2.34. The Balaban J connectivity index is 4.10. The molecule has 0 aliphatic heterocycles. The van der Waals surface area contributed by atoms with Gasteiger partial charge in [-0.05, 0) is 0 Å². The lowest BCUT2D eigenvalue weighted by Gasteiger charge is -2.14. The summed E-state index contributed by atoms with van der Waals surface area (Å²) in [5.41, 5.74) is 0. The first-order chi connectivity index (χ1) is 4.46. The fourth-order valence-electron chi connectivity index (χ4n) is 0.264. The molecule has 0 radical (unpaired) electrons. The Kier molecular flexibility index (Phi) is 4.44. The Labute approximate surface area is 80.9 Å². The molecule has 0 aliphatic carbocycles. The summed E-state index contributed by atoms with van der Waals surface area (Å²) >= 11 is 20.6. The molecule has 0 aromatic rings. The SMILES string of the molecule is CN(Cl)C(=S)C(=S)N(C)Cl. The molecule has 0 fully saturated rings. The largest absolute Gasteiger partial charge is 0.276 e. The maximum absolute atomic E-state index is 5.49. The van der Waals surface area contributed by atoms with E-state index in [-0.39, 0.29) is 0 Å². The minimum atomic E-state index is 0.342. The first-order valence-corrected chi connectivity index (χ1v) is 3.83. The number of thiocarbonyl (C=S) groups is 2. The smallest absolute Gasteiger partial charge is 0.152 e. The molecular weight excluding hydrogens is 211 g/mol. The minimum Gasteiger partial charge on any atom is -0.276 e. The van der Waals surface area contributed by atoms with E-state index in [1.54, 1.807) is 14.1 Å². The quantitative estimate of drug-likeness (QED) is 0.450. The maximum atomic E-state index is 5.49. The lowest BCUT2D eigenvalue weighted by molar-refractivity contribution is 0.808.